The van der Waals surface area contributed by atoms with Crippen molar-refractivity contribution in [3.8, 4) is 0 Å². The molecule has 1 saturated carbocycles. The molecule has 88 valence electrons. The number of rotatable bonds is 4. The Kier molecular flexibility index (Phi) is 3.72. The molecule has 3 N–H and O–H groups in total. The summed E-state index contributed by atoms with van der Waals surface area (Å²) in [6, 6.07) is 1.05. The van der Waals surface area contributed by atoms with Crippen molar-refractivity contribution >= 4 is 12.1 Å². The molecule has 4 nitrogen and oxygen atoms in total. The number of piperidine rings is 1. The van der Waals surface area contributed by atoms with E-state index < -0.39 is 0 Å². The summed E-state index contributed by atoms with van der Waals surface area (Å²) in [5.41, 5.74) is 0. The van der Waals surface area contributed by atoms with Crippen LogP contribution in [0.2, 0.25) is 0 Å². The molecular formula is C12H20N4. The van der Waals surface area contributed by atoms with Crippen LogP contribution in [0.4, 0.5) is 0 Å². The summed E-state index contributed by atoms with van der Waals surface area (Å²) in [4.78, 5) is 2.24. The average molecular weight is 220 g/mol. The Morgan fingerprint density at radius 3 is 2.62 bits per heavy atom. The third kappa shape index (κ3) is 2.70. The predicted octanol–water partition coefficient (Wildman–Crippen LogP) is 1.39. The summed E-state index contributed by atoms with van der Waals surface area (Å²) in [5.74, 6) is 0.569. The first-order valence-corrected chi connectivity index (χ1v) is 6.07. The Balaban J connectivity index is 2.00. The van der Waals surface area contributed by atoms with Crippen LogP contribution in [0.3, 0.4) is 0 Å². The Bertz CT molecular complexity index is 287. The molecule has 1 aliphatic heterocycles. The lowest BCUT2D eigenvalue weighted by molar-refractivity contribution is 0.249. The van der Waals surface area contributed by atoms with E-state index >= 15 is 0 Å². The summed E-state index contributed by atoms with van der Waals surface area (Å²) < 4.78 is 0. The van der Waals surface area contributed by atoms with E-state index in [1.54, 1.807) is 12.2 Å². The van der Waals surface area contributed by atoms with Crippen molar-refractivity contribution in [1.29, 1.82) is 10.8 Å². The number of hydrogen-bond acceptors (Lipinski definition) is 3. The van der Waals surface area contributed by atoms with Gasteiger partial charge in [-0.2, -0.15) is 0 Å². The van der Waals surface area contributed by atoms with Crippen LogP contribution in [0, 0.1) is 10.8 Å². The van der Waals surface area contributed by atoms with E-state index in [-0.39, 0.29) is 0 Å². The topological polar surface area (TPSA) is 63.0 Å². The molecule has 0 aromatic rings. The maximum Gasteiger partial charge on any atom is 0.121 e. The molecule has 0 amide bonds. The van der Waals surface area contributed by atoms with E-state index in [1.807, 2.05) is 0 Å². The molecule has 1 unspecified atom stereocenters. The Morgan fingerprint density at radius 1 is 1.25 bits per heavy atom. The summed E-state index contributed by atoms with van der Waals surface area (Å²) in [7, 11) is 0. The van der Waals surface area contributed by atoms with Gasteiger partial charge in [-0.15, -0.1) is 0 Å². The highest BCUT2D eigenvalue weighted by molar-refractivity contribution is 5.94. The molecule has 2 fully saturated rings. The van der Waals surface area contributed by atoms with Crippen LogP contribution < -0.4 is 5.32 Å². The monoisotopic (exact) mass is 220 g/mol. The number of hydrogen-bond donors (Lipinski definition) is 3. The second kappa shape index (κ2) is 5.25. The van der Waals surface area contributed by atoms with Crippen molar-refractivity contribution in [2.24, 2.45) is 0 Å². The molecule has 16 heavy (non-hydrogen) atoms. The highest BCUT2D eigenvalue weighted by atomic mass is 15.3. The summed E-state index contributed by atoms with van der Waals surface area (Å²) >= 11 is 0. The van der Waals surface area contributed by atoms with Crippen LogP contribution in [-0.4, -0.2) is 42.1 Å². The largest absolute Gasteiger partial charge is 0.350 e. The molecule has 0 aromatic heterocycles. The summed E-state index contributed by atoms with van der Waals surface area (Å²) in [5, 5.41) is 18.4. The molecule has 0 bridgehead atoms. The summed E-state index contributed by atoms with van der Waals surface area (Å²) in [6.45, 7) is 2.11. The molecule has 0 radical (unpaired) electrons. The van der Waals surface area contributed by atoms with Gasteiger partial charge in [-0.1, -0.05) is 0 Å². The van der Waals surface area contributed by atoms with Gasteiger partial charge in [-0.05, 0) is 44.4 Å². The minimum atomic E-state index is 0.476. The van der Waals surface area contributed by atoms with Crippen molar-refractivity contribution in [2.75, 3.05) is 13.1 Å². The zero-order chi connectivity index (χ0) is 11.4. The second-order valence-electron chi connectivity index (χ2n) is 4.55. The van der Waals surface area contributed by atoms with Gasteiger partial charge in [0.25, 0.3) is 0 Å². The maximum atomic E-state index is 8.06. The minimum absolute atomic E-state index is 0.476. The maximum absolute atomic E-state index is 8.06. The van der Waals surface area contributed by atoms with Gasteiger partial charge in [0.2, 0.25) is 0 Å². The molecule has 0 spiro atoms. The van der Waals surface area contributed by atoms with Crippen LogP contribution >= 0.6 is 0 Å². The number of allylic oxidation sites excluding steroid dienone is 1. The predicted molar refractivity (Wildman–Crippen MR) is 66.4 cm³/mol. The van der Waals surface area contributed by atoms with Gasteiger partial charge < -0.3 is 15.6 Å². The minimum Gasteiger partial charge on any atom is -0.350 e. The Morgan fingerprint density at radius 2 is 2.06 bits per heavy atom. The lowest BCUT2D eigenvalue weighted by Crippen LogP contribution is -2.49. The van der Waals surface area contributed by atoms with Gasteiger partial charge in [0.15, 0.2) is 0 Å². The normalized spacial score (nSPS) is 25.6. The van der Waals surface area contributed by atoms with Crippen molar-refractivity contribution in [2.45, 2.75) is 37.8 Å². The van der Waals surface area contributed by atoms with Crippen molar-refractivity contribution < 1.29 is 0 Å². The summed E-state index contributed by atoms with van der Waals surface area (Å²) in [6.07, 6.45) is 9.43. The van der Waals surface area contributed by atoms with Crippen LogP contribution in [0.1, 0.15) is 25.7 Å². The van der Waals surface area contributed by atoms with Gasteiger partial charge in [-0.3, -0.25) is 5.41 Å². The highest BCUT2D eigenvalue weighted by Crippen LogP contribution is 2.30. The Hall–Kier alpha value is -1.16. The third-order valence-electron chi connectivity index (χ3n) is 3.23. The fourth-order valence-electron chi connectivity index (χ4n) is 2.34. The molecule has 1 aliphatic carbocycles. The van der Waals surface area contributed by atoms with E-state index in [0.29, 0.717) is 17.9 Å². The van der Waals surface area contributed by atoms with Crippen molar-refractivity contribution in [3.63, 3.8) is 0 Å². The SMILES string of the molecule is N=C/C=C\C(=N)N(C1CC1)C1CCCNC1. The van der Waals surface area contributed by atoms with Gasteiger partial charge in [0.05, 0.1) is 0 Å². The first kappa shape index (κ1) is 11.3. The van der Waals surface area contributed by atoms with E-state index in [1.165, 1.54) is 31.9 Å². The quantitative estimate of drug-likeness (QED) is 0.495. The molecular weight excluding hydrogens is 200 g/mol. The first-order chi connectivity index (χ1) is 7.83. The smallest absolute Gasteiger partial charge is 0.121 e. The van der Waals surface area contributed by atoms with E-state index in [4.69, 9.17) is 10.8 Å². The van der Waals surface area contributed by atoms with Crippen LogP contribution in [0.5, 0.6) is 0 Å². The van der Waals surface area contributed by atoms with Crippen LogP contribution in [0.15, 0.2) is 12.2 Å². The van der Waals surface area contributed by atoms with E-state index in [0.717, 1.165) is 13.1 Å². The second-order valence-corrected chi connectivity index (χ2v) is 4.55. The molecule has 2 rings (SSSR count). The van der Waals surface area contributed by atoms with Crippen molar-refractivity contribution in [3.05, 3.63) is 12.2 Å². The fourth-order valence-corrected chi connectivity index (χ4v) is 2.34. The van der Waals surface area contributed by atoms with Crippen LogP contribution in [-0.2, 0) is 0 Å². The van der Waals surface area contributed by atoms with Gasteiger partial charge >= 0.3 is 0 Å². The molecule has 0 aromatic carbocycles. The van der Waals surface area contributed by atoms with Crippen LogP contribution in [0.25, 0.3) is 0 Å². The zero-order valence-electron chi connectivity index (χ0n) is 9.58. The highest BCUT2D eigenvalue weighted by Gasteiger charge is 2.35. The zero-order valence-corrected chi connectivity index (χ0v) is 9.58. The average Bonchev–Trinajstić information content (AvgIpc) is 3.12. The van der Waals surface area contributed by atoms with Gasteiger partial charge in [0, 0.05) is 24.8 Å². The third-order valence-corrected chi connectivity index (χ3v) is 3.23. The lowest BCUT2D eigenvalue weighted by Gasteiger charge is -2.35. The number of nitrogens with one attached hydrogen (secondary N) is 3. The lowest BCUT2D eigenvalue weighted by atomic mass is 10.1. The van der Waals surface area contributed by atoms with Gasteiger partial charge in [-0.25, -0.2) is 0 Å². The van der Waals surface area contributed by atoms with E-state index in [2.05, 4.69) is 10.2 Å². The fraction of sp³-hybridized carbons (Fsp3) is 0.667. The number of nitrogens with zero attached hydrogens (tertiary/aromatic N) is 1. The first-order valence-electron chi connectivity index (χ1n) is 6.07. The molecule has 1 atom stereocenters. The molecule has 1 heterocycles. The molecule has 4 heteroatoms. The standard InChI is InChI=1S/C12H20N4/c13-7-1-4-12(14)16(10-5-6-10)11-3-2-8-15-9-11/h1,4,7,10-11,13-15H,2-3,5-6,8-9H2/b4-1-,13-7?,14-12?. The molecule has 2 aliphatic rings. The van der Waals surface area contributed by atoms with Gasteiger partial charge in [0.1, 0.15) is 5.84 Å². The van der Waals surface area contributed by atoms with Crippen molar-refractivity contribution in [1.82, 2.24) is 10.2 Å². The molecule has 1 saturated heterocycles. The Labute approximate surface area is 96.7 Å². The number of amidine groups is 1. The van der Waals surface area contributed by atoms with E-state index in [9.17, 15) is 0 Å².